The zero-order valence-electron chi connectivity index (χ0n) is 12.2. The molecule has 0 radical (unpaired) electrons. The van der Waals surface area contributed by atoms with Crippen LogP contribution in [-0.2, 0) is 0 Å². The van der Waals surface area contributed by atoms with Gasteiger partial charge in [-0.2, -0.15) is 0 Å². The summed E-state index contributed by atoms with van der Waals surface area (Å²) in [6, 6.07) is 17.3. The number of phenols is 1. The van der Waals surface area contributed by atoms with Crippen molar-refractivity contribution in [2.24, 2.45) is 0 Å². The van der Waals surface area contributed by atoms with Crippen LogP contribution in [0.3, 0.4) is 0 Å². The first kappa shape index (κ1) is 14.6. The van der Waals surface area contributed by atoms with E-state index in [1.54, 1.807) is 30.6 Å². The largest absolute Gasteiger partial charge is 0.508 e. The fraction of sp³-hybridized carbons (Fsp3) is 0. The SMILES string of the molecule is O=C(Nc1cccc(Nc2ccncc2)c1)c1cccc(O)c1. The van der Waals surface area contributed by atoms with E-state index in [1.807, 2.05) is 30.3 Å². The second kappa shape index (κ2) is 6.62. The molecule has 0 bridgehead atoms. The van der Waals surface area contributed by atoms with Gasteiger partial charge in [0.15, 0.2) is 0 Å². The molecule has 3 aromatic rings. The quantitative estimate of drug-likeness (QED) is 0.685. The Morgan fingerprint density at radius 2 is 1.61 bits per heavy atom. The molecule has 0 spiro atoms. The molecule has 1 aromatic heterocycles. The Bertz CT molecular complexity index is 819. The molecule has 0 saturated heterocycles. The molecule has 0 aliphatic heterocycles. The van der Waals surface area contributed by atoms with Gasteiger partial charge in [-0.1, -0.05) is 12.1 Å². The maximum Gasteiger partial charge on any atom is 0.255 e. The third kappa shape index (κ3) is 3.85. The summed E-state index contributed by atoms with van der Waals surface area (Å²) in [6.07, 6.45) is 3.41. The van der Waals surface area contributed by atoms with Gasteiger partial charge in [-0.3, -0.25) is 9.78 Å². The third-order valence-electron chi connectivity index (χ3n) is 3.20. The molecule has 0 saturated carbocycles. The van der Waals surface area contributed by atoms with E-state index in [0.29, 0.717) is 11.3 Å². The summed E-state index contributed by atoms with van der Waals surface area (Å²) in [5.41, 5.74) is 2.83. The predicted octanol–water partition coefficient (Wildman–Crippen LogP) is 3.78. The number of anilines is 3. The lowest BCUT2D eigenvalue weighted by molar-refractivity contribution is 0.102. The van der Waals surface area contributed by atoms with Gasteiger partial charge in [-0.25, -0.2) is 0 Å². The number of rotatable bonds is 4. The van der Waals surface area contributed by atoms with E-state index in [0.717, 1.165) is 11.4 Å². The van der Waals surface area contributed by atoms with Gasteiger partial charge in [0.05, 0.1) is 0 Å². The molecular formula is C18H15N3O2. The van der Waals surface area contributed by atoms with Crippen LogP contribution >= 0.6 is 0 Å². The number of pyridine rings is 1. The number of hydrogen-bond acceptors (Lipinski definition) is 4. The number of phenolic OH excluding ortho intramolecular Hbond substituents is 1. The Morgan fingerprint density at radius 3 is 2.39 bits per heavy atom. The fourth-order valence-corrected chi connectivity index (χ4v) is 2.13. The van der Waals surface area contributed by atoms with Crippen molar-refractivity contribution in [2.75, 3.05) is 10.6 Å². The van der Waals surface area contributed by atoms with Crippen LogP contribution in [0.1, 0.15) is 10.4 Å². The van der Waals surface area contributed by atoms with Crippen LogP contribution in [0, 0.1) is 0 Å². The molecule has 0 unspecified atom stereocenters. The van der Waals surface area contributed by atoms with E-state index < -0.39 is 0 Å². The summed E-state index contributed by atoms with van der Waals surface area (Å²) < 4.78 is 0. The predicted molar refractivity (Wildman–Crippen MR) is 90.0 cm³/mol. The van der Waals surface area contributed by atoms with Crippen LogP contribution in [0.2, 0.25) is 0 Å². The number of benzene rings is 2. The summed E-state index contributed by atoms with van der Waals surface area (Å²) in [5, 5.41) is 15.5. The maximum atomic E-state index is 12.2. The Labute approximate surface area is 133 Å². The van der Waals surface area contributed by atoms with E-state index >= 15 is 0 Å². The van der Waals surface area contributed by atoms with Gasteiger partial charge >= 0.3 is 0 Å². The van der Waals surface area contributed by atoms with Gasteiger partial charge in [0.25, 0.3) is 5.91 Å². The number of carbonyl (C=O) groups excluding carboxylic acids is 1. The molecule has 0 fully saturated rings. The molecule has 0 atom stereocenters. The van der Waals surface area contributed by atoms with Gasteiger partial charge in [0, 0.05) is 35.0 Å². The number of amides is 1. The average Bonchev–Trinajstić information content (AvgIpc) is 2.56. The van der Waals surface area contributed by atoms with E-state index in [1.165, 1.54) is 12.1 Å². The minimum atomic E-state index is -0.276. The topological polar surface area (TPSA) is 74.2 Å². The zero-order valence-corrected chi connectivity index (χ0v) is 12.2. The van der Waals surface area contributed by atoms with Crippen LogP contribution in [0.5, 0.6) is 5.75 Å². The van der Waals surface area contributed by atoms with Crippen molar-refractivity contribution in [2.45, 2.75) is 0 Å². The number of nitrogens with zero attached hydrogens (tertiary/aromatic N) is 1. The first-order valence-corrected chi connectivity index (χ1v) is 7.08. The lowest BCUT2D eigenvalue weighted by atomic mass is 10.2. The minimum Gasteiger partial charge on any atom is -0.508 e. The van der Waals surface area contributed by atoms with Gasteiger partial charge < -0.3 is 15.7 Å². The molecule has 1 heterocycles. The Hall–Kier alpha value is -3.34. The smallest absolute Gasteiger partial charge is 0.255 e. The second-order valence-electron chi connectivity index (χ2n) is 4.95. The van der Waals surface area contributed by atoms with Crippen molar-refractivity contribution in [3.8, 4) is 5.75 Å². The van der Waals surface area contributed by atoms with Crippen LogP contribution in [0.4, 0.5) is 17.1 Å². The van der Waals surface area contributed by atoms with Crippen molar-refractivity contribution >= 4 is 23.0 Å². The highest BCUT2D eigenvalue weighted by Gasteiger charge is 2.07. The highest BCUT2D eigenvalue weighted by atomic mass is 16.3. The van der Waals surface area contributed by atoms with Crippen molar-refractivity contribution in [1.29, 1.82) is 0 Å². The standard InChI is InChI=1S/C18H15N3O2/c22-17-6-1-3-13(11-17)18(23)21-16-5-2-4-15(12-16)20-14-7-9-19-10-8-14/h1-12,22H,(H,19,20)(H,21,23). The Kier molecular flexibility index (Phi) is 4.20. The summed E-state index contributed by atoms with van der Waals surface area (Å²) in [6.45, 7) is 0. The summed E-state index contributed by atoms with van der Waals surface area (Å²) in [7, 11) is 0. The molecule has 1 amide bonds. The number of aromatic hydroxyl groups is 1. The number of nitrogens with one attached hydrogen (secondary N) is 2. The number of aromatic nitrogens is 1. The molecule has 0 aliphatic carbocycles. The average molecular weight is 305 g/mol. The van der Waals surface area contributed by atoms with Crippen LogP contribution < -0.4 is 10.6 Å². The summed E-state index contributed by atoms with van der Waals surface area (Å²) in [4.78, 5) is 16.2. The molecule has 2 aromatic carbocycles. The molecule has 0 aliphatic rings. The highest BCUT2D eigenvalue weighted by Crippen LogP contribution is 2.20. The van der Waals surface area contributed by atoms with Gasteiger partial charge in [0.1, 0.15) is 5.75 Å². The molecule has 23 heavy (non-hydrogen) atoms. The van der Waals surface area contributed by atoms with E-state index in [4.69, 9.17) is 0 Å². The van der Waals surface area contributed by atoms with Crippen LogP contribution in [0.25, 0.3) is 0 Å². The van der Waals surface area contributed by atoms with Crippen LogP contribution in [0.15, 0.2) is 73.1 Å². The summed E-state index contributed by atoms with van der Waals surface area (Å²) in [5.74, 6) is -0.215. The number of hydrogen-bond donors (Lipinski definition) is 3. The van der Waals surface area contributed by atoms with Crippen molar-refractivity contribution in [3.63, 3.8) is 0 Å². The fourth-order valence-electron chi connectivity index (χ4n) is 2.13. The Balaban J connectivity index is 1.74. The lowest BCUT2D eigenvalue weighted by Gasteiger charge is -2.09. The highest BCUT2D eigenvalue weighted by molar-refractivity contribution is 6.04. The minimum absolute atomic E-state index is 0.0609. The van der Waals surface area contributed by atoms with Crippen molar-refractivity contribution in [3.05, 3.63) is 78.6 Å². The molecule has 3 N–H and O–H groups in total. The number of carbonyl (C=O) groups is 1. The first-order valence-electron chi connectivity index (χ1n) is 7.08. The molecule has 5 heteroatoms. The second-order valence-corrected chi connectivity index (χ2v) is 4.95. The van der Waals surface area contributed by atoms with E-state index in [9.17, 15) is 9.90 Å². The lowest BCUT2D eigenvalue weighted by Crippen LogP contribution is -2.11. The van der Waals surface area contributed by atoms with Gasteiger partial charge in [-0.15, -0.1) is 0 Å². The zero-order chi connectivity index (χ0) is 16.1. The Morgan fingerprint density at radius 1 is 0.870 bits per heavy atom. The molecule has 5 nitrogen and oxygen atoms in total. The van der Waals surface area contributed by atoms with E-state index in [2.05, 4.69) is 15.6 Å². The normalized spacial score (nSPS) is 10.1. The third-order valence-corrected chi connectivity index (χ3v) is 3.20. The van der Waals surface area contributed by atoms with Crippen LogP contribution in [-0.4, -0.2) is 16.0 Å². The monoisotopic (exact) mass is 305 g/mol. The first-order chi connectivity index (χ1) is 11.2. The van der Waals surface area contributed by atoms with Crippen molar-refractivity contribution in [1.82, 2.24) is 4.98 Å². The molecule has 3 rings (SSSR count). The van der Waals surface area contributed by atoms with E-state index in [-0.39, 0.29) is 11.7 Å². The molecular weight excluding hydrogens is 290 g/mol. The molecule has 114 valence electrons. The summed E-state index contributed by atoms with van der Waals surface area (Å²) >= 11 is 0. The van der Waals surface area contributed by atoms with Gasteiger partial charge in [0.2, 0.25) is 0 Å². The van der Waals surface area contributed by atoms with Crippen molar-refractivity contribution < 1.29 is 9.90 Å². The van der Waals surface area contributed by atoms with Gasteiger partial charge in [-0.05, 0) is 48.5 Å². The maximum absolute atomic E-state index is 12.2.